The number of hydrogen-bond acceptors (Lipinski definition) is 2. The molecule has 0 spiro atoms. The van der Waals surface area contributed by atoms with Crippen LogP contribution in [0.3, 0.4) is 0 Å². The lowest BCUT2D eigenvalue weighted by Crippen LogP contribution is -2.38. The fraction of sp³-hybridized carbons (Fsp3) is 0.529. The molecule has 1 aliphatic carbocycles. The van der Waals surface area contributed by atoms with Crippen LogP contribution in [0.5, 0.6) is 0 Å². The summed E-state index contributed by atoms with van der Waals surface area (Å²) in [4.78, 5) is 25.5. The fourth-order valence-electron chi connectivity index (χ4n) is 3.07. The predicted molar refractivity (Wildman–Crippen MR) is 80.8 cm³/mol. The lowest BCUT2D eigenvalue weighted by Gasteiger charge is -2.29. The van der Waals surface area contributed by atoms with Crippen LogP contribution in [-0.2, 0) is 9.59 Å². The highest BCUT2D eigenvalue weighted by Crippen LogP contribution is 2.34. The van der Waals surface area contributed by atoms with Gasteiger partial charge in [0.15, 0.2) is 0 Å². The van der Waals surface area contributed by atoms with Gasteiger partial charge in [-0.05, 0) is 32.3 Å². The molecule has 0 saturated heterocycles. The molecule has 21 heavy (non-hydrogen) atoms. The van der Waals surface area contributed by atoms with Crippen molar-refractivity contribution in [3.63, 3.8) is 0 Å². The lowest BCUT2D eigenvalue weighted by atomic mass is 9.94. The van der Waals surface area contributed by atoms with Crippen LogP contribution in [0, 0.1) is 18.8 Å². The second-order valence-corrected chi connectivity index (χ2v) is 6.02. The average molecular weight is 289 g/mol. The Balaban J connectivity index is 2.11. The van der Waals surface area contributed by atoms with Crippen LogP contribution < -0.4 is 0 Å². The number of aryl methyl sites for hydroxylation is 1. The fourth-order valence-corrected chi connectivity index (χ4v) is 3.07. The Bertz CT molecular complexity index is 523. The van der Waals surface area contributed by atoms with Gasteiger partial charge >= 0.3 is 5.97 Å². The van der Waals surface area contributed by atoms with Crippen molar-refractivity contribution in [3.8, 4) is 0 Å². The quantitative estimate of drug-likeness (QED) is 0.927. The Morgan fingerprint density at radius 1 is 1.19 bits per heavy atom. The number of carbonyl (C=O) groups is 2. The molecule has 4 heteroatoms. The summed E-state index contributed by atoms with van der Waals surface area (Å²) in [6.45, 7) is 4.01. The second kappa shape index (κ2) is 6.29. The topological polar surface area (TPSA) is 57.6 Å². The maximum Gasteiger partial charge on any atom is 0.307 e. The summed E-state index contributed by atoms with van der Waals surface area (Å²) >= 11 is 0. The molecule has 2 rings (SSSR count). The van der Waals surface area contributed by atoms with E-state index in [1.165, 1.54) is 5.56 Å². The second-order valence-electron chi connectivity index (χ2n) is 6.02. The van der Waals surface area contributed by atoms with Crippen LogP contribution in [0.4, 0.5) is 0 Å². The summed E-state index contributed by atoms with van der Waals surface area (Å²) < 4.78 is 0. The molecule has 0 heterocycles. The molecular formula is C17H23NO3. The van der Waals surface area contributed by atoms with Crippen LogP contribution in [0.2, 0.25) is 0 Å². The molecule has 1 N–H and O–H groups in total. The first-order valence-corrected chi connectivity index (χ1v) is 7.48. The Kier molecular flexibility index (Phi) is 4.66. The van der Waals surface area contributed by atoms with Gasteiger partial charge in [0.2, 0.25) is 5.91 Å². The largest absolute Gasteiger partial charge is 0.481 e. The van der Waals surface area contributed by atoms with Crippen LogP contribution in [0.25, 0.3) is 0 Å². The summed E-state index contributed by atoms with van der Waals surface area (Å²) in [7, 11) is 1.77. The number of nitrogens with zero attached hydrogens (tertiary/aromatic N) is 1. The van der Waals surface area contributed by atoms with E-state index in [4.69, 9.17) is 0 Å². The molecule has 1 aromatic rings. The number of carboxylic acids is 1. The monoisotopic (exact) mass is 289 g/mol. The first-order chi connectivity index (χ1) is 9.91. The number of aliphatic carboxylic acids is 1. The van der Waals surface area contributed by atoms with E-state index >= 15 is 0 Å². The van der Waals surface area contributed by atoms with E-state index in [9.17, 15) is 14.7 Å². The van der Waals surface area contributed by atoms with Crippen LogP contribution >= 0.6 is 0 Å². The zero-order valence-electron chi connectivity index (χ0n) is 12.9. The standard InChI is InChI=1S/C17H23NO3/c1-11-7-9-13(10-8-11)12(2)18(3)16(19)14-5-4-6-15(14)17(20)21/h7-10,12,14-15H,4-6H2,1-3H3,(H,20,21). The average Bonchev–Trinajstić information content (AvgIpc) is 2.95. The van der Waals surface area contributed by atoms with E-state index in [1.807, 2.05) is 38.1 Å². The van der Waals surface area contributed by atoms with Crippen LogP contribution in [0.1, 0.15) is 43.4 Å². The first kappa shape index (κ1) is 15.5. The molecule has 1 amide bonds. The number of carbonyl (C=O) groups excluding carboxylic acids is 1. The number of rotatable bonds is 4. The molecule has 1 aromatic carbocycles. The van der Waals surface area contributed by atoms with Crippen molar-refractivity contribution in [1.29, 1.82) is 0 Å². The molecule has 1 saturated carbocycles. The molecule has 0 bridgehead atoms. The van der Waals surface area contributed by atoms with Gasteiger partial charge in [-0.3, -0.25) is 9.59 Å². The predicted octanol–water partition coefficient (Wildman–Crippen LogP) is 3.02. The smallest absolute Gasteiger partial charge is 0.307 e. The summed E-state index contributed by atoms with van der Waals surface area (Å²) in [5.74, 6) is -1.79. The molecule has 1 aliphatic rings. The molecule has 1 fully saturated rings. The van der Waals surface area contributed by atoms with Crippen LogP contribution in [0.15, 0.2) is 24.3 Å². The Hall–Kier alpha value is -1.84. The first-order valence-electron chi connectivity index (χ1n) is 7.48. The normalized spacial score (nSPS) is 22.8. The van der Waals surface area contributed by atoms with E-state index in [1.54, 1.807) is 11.9 Å². The SMILES string of the molecule is Cc1ccc(C(C)N(C)C(=O)C2CCCC2C(=O)O)cc1. The van der Waals surface area contributed by atoms with Crippen molar-refractivity contribution in [2.45, 2.75) is 39.2 Å². The van der Waals surface area contributed by atoms with Crippen molar-refractivity contribution in [2.75, 3.05) is 7.05 Å². The maximum atomic E-state index is 12.6. The molecular weight excluding hydrogens is 266 g/mol. The minimum Gasteiger partial charge on any atom is -0.481 e. The third kappa shape index (κ3) is 3.26. The minimum atomic E-state index is -0.845. The highest BCUT2D eigenvalue weighted by atomic mass is 16.4. The van der Waals surface area contributed by atoms with Gasteiger partial charge in [-0.25, -0.2) is 0 Å². The summed E-state index contributed by atoms with van der Waals surface area (Å²) in [5, 5.41) is 9.23. The molecule has 0 aromatic heterocycles. The number of amides is 1. The summed E-state index contributed by atoms with van der Waals surface area (Å²) in [6.07, 6.45) is 2.11. The van der Waals surface area contributed by atoms with Gasteiger partial charge in [-0.1, -0.05) is 36.2 Å². The van der Waals surface area contributed by atoms with E-state index in [0.29, 0.717) is 12.8 Å². The number of benzene rings is 1. The molecule has 3 atom stereocenters. The lowest BCUT2D eigenvalue weighted by molar-refractivity contribution is -0.149. The third-order valence-corrected chi connectivity index (χ3v) is 4.64. The molecule has 0 aliphatic heterocycles. The highest BCUT2D eigenvalue weighted by Gasteiger charge is 2.39. The Labute approximate surface area is 125 Å². The van der Waals surface area contributed by atoms with Crippen LogP contribution in [-0.4, -0.2) is 28.9 Å². The number of carboxylic acid groups (broad SMARTS) is 1. The zero-order chi connectivity index (χ0) is 15.6. The van der Waals surface area contributed by atoms with E-state index in [0.717, 1.165) is 12.0 Å². The minimum absolute atomic E-state index is 0.0480. The van der Waals surface area contributed by atoms with E-state index in [-0.39, 0.29) is 17.9 Å². The van der Waals surface area contributed by atoms with Crippen molar-refractivity contribution in [2.24, 2.45) is 11.8 Å². The van der Waals surface area contributed by atoms with Gasteiger partial charge in [0, 0.05) is 7.05 Å². The molecule has 4 nitrogen and oxygen atoms in total. The van der Waals surface area contributed by atoms with Gasteiger partial charge in [0.25, 0.3) is 0 Å². The zero-order valence-corrected chi connectivity index (χ0v) is 12.9. The van der Waals surface area contributed by atoms with E-state index < -0.39 is 11.9 Å². The van der Waals surface area contributed by atoms with Gasteiger partial charge in [0.05, 0.1) is 17.9 Å². The maximum absolute atomic E-state index is 12.6. The third-order valence-electron chi connectivity index (χ3n) is 4.64. The van der Waals surface area contributed by atoms with Crippen molar-refractivity contribution in [3.05, 3.63) is 35.4 Å². The summed E-state index contributed by atoms with van der Waals surface area (Å²) in [6, 6.07) is 8.05. The van der Waals surface area contributed by atoms with Gasteiger partial charge < -0.3 is 10.0 Å². The molecule has 3 unspecified atom stereocenters. The van der Waals surface area contributed by atoms with Crippen molar-refractivity contribution >= 4 is 11.9 Å². The van der Waals surface area contributed by atoms with Gasteiger partial charge in [-0.2, -0.15) is 0 Å². The molecule has 114 valence electrons. The van der Waals surface area contributed by atoms with Gasteiger partial charge in [0.1, 0.15) is 0 Å². The van der Waals surface area contributed by atoms with E-state index in [2.05, 4.69) is 0 Å². The van der Waals surface area contributed by atoms with Crippen molar-refractivity contribution < 1.29 is 14.7 Å². The number of hydrogen-bond donors (Lipinski definition) is 1. The Morgan fingerprint density at radius 3 is 2.33 bits per heavy atom. The molecule has 0 radical (unpaired) electrons. The van der Waals surface area contributed by atoms with Crippen molar-refractivity contribution in [1.82, 2.24) is 4.90 Å². The summed E-state index contributed by atoms with van der Waals surface area (Å²) in [5.41, 5.74) is 2.25. The Morgan fingerprint density at radius 2 is 1.76 bits per heavy atom. The highest BCUT2D eigenvalue weighted by molar-refractivity contribution is 5.85. The van der Waals surface area contributed by atoms with Gasteiger partial charge in [-0.15, -0.1) is 0 Å².